The maximum atomic E-state index is 13.9. The van der Waals surface area contributed by atoms with Crippen molar-refractivity contribution in [1.82, 2.24) is 24.5 Å². The van der Waals surface area contributed by atoms with E-state index in [1.165, 1.54) is 34.1 Å². The molecule has 5 rings (SSSR count). The second-order valence-corrected chi connectivity index (χ2v) is 14.9. The van der Waals surface area contributed by atoms with E-state index < -0.39 is 32.3 Å². The van der Waals surface area contributed by atoms with Gasteiger partial charge in [0, 0.05) is 44.6 Å². The molecule has 49 heavy (non-hydrogen) atoms. The molecule has 2 heterocycles. The number of nitrogens with zero attached hydrogens (tertiary/aromatic N) is 5. The Kier molecular flexibility index (Phi) is 11.4. The van der Waals surface area contributed by atoms with Gasteiger partial charge in [0.15, 0.2) is 4.90 Å². The van der Waals surface area contributed by atoms with Gasteiger partial charge in [-0.3, -0.25) is 25.0 Å². The van der Waals surface area contributed by atoms with Crippen LogP contribution in [-0.4, -0.2) is 57.3 Å². The number of nitrogens with one attached hydrogen (secondary N) is 1. The van der Waals surface area contributed by atoms with E-state index in [1.54, 1.807) is 24.4 Å². The van der Waals surface area contributed by atoms with Crippen LogP contribution in [0.4, 0.5) is 10.5 Å². The summed E-state index contributed by atoms with van der Waals surface area (Å²) in [5.41, 5.74) is 3.42. The van der Waals surface area contributed by atoms with E-state index in [1.807, 2.05) is 57.3 Å². The molecule has 1 unspecified atom stereocenters. The summed E-state index contributed by atoms with van der Waals surface area (Å²) >= 11 is 0. The molecule has 12 nitrogen and oxygen atoms in total. The molecule has 13 heteroatoms. The Bertz CT molecular complexity index is 1850. The summed E-state index contributed by atoms with van der Waals surface area (Å²) < 4.78 is 34.5. The lowest BCUT2D eigenvalue weighted by Gasteiger charge is -2.35. The average molecular weight is 687 g/mol. The Morgan fingerprint density at radius 3 is 2.33 bits per heavy atom. The van der Waals surface area contributed by atoms with Gasteiger partial charge in [-0.05, 0) is 81.0 Å². The summed E-state index contributed by atoms with van der Waals surface area (Å²) in [4.78, 5) is 34.4. The second kappa shape index (κ2) is 15.7. The molecule has 0 radical (unpaired) electrons. The first-order valence-electron chi connectivity index (χ1n) is 16.3. The van der Waals surface area contributed by atoms with Gasteiger partial charge in [-0.25, -0.2) is 13.2 Å². The highest BCUT2D eigenvalue weighted by molar-refractivity contribution is 7.89. The lowest BCUT2D eigenvalue weighted by atomic mass is 9.90. The van der Waals surface area contributed by atoms with Crippen LogP contribution >= 0.6 is 0 Å². The molecule has 1 aliphatic rings. The zero-order valence-electron chi connectivity index (χ0n) is 28.0. The number of carbonyl (C=O) groups excluding carboxylic acids is 1. The molecular weight excluding hydrogens is 644 g/mol. The number of hydrogen-bond acceptors (Lipinski definition) is 9. The number of para-hydroxylation sites is 1. The third-order valence-electron chi connectivity index (χ3n) is 8.19. The molecule has 1 amide bonds. The molecule has 4 aromatic rings. The number of alkyl carbamates (subject to hydrolysis) is 1. The van der Waals surface area contributed by atoms with Gasteiger partial charge in [-0.1, -0.05) is 48.5 Å². The van der Waals surface area contributed by atoms with E-state index in [9.17, 15) is 23.3 Å². The molecule has 0 aliphatic heterocycles. The lowest BCUT2D eigenvalue weighted by molar-refractivity contribution is -0.387. The number of pyridine rings is 2. The van der Waals surface area contributed by atoms with Crippen LogP contribution in [0.5, 0.6) is 0 Å². The molecule has 1 N–H and O–H groups in total. The lowest BCUT2D eigenvalue weighted by Crippen LogP contribution is -2.40. The second-order valence-electron chi connectivity index (χ2n) is 13.0. The number of carbonyl (C=O) groups is 1. The van der Waals surface area contributed by atoms with Gasteiger partial charge in [0.25, 0.3) is 15.7 Å². The van der Waals surface area contributed by atoms with Crippen molar-refractivity contribution in [3.63, 3.8) is 0 Å². The first-order valence-corrected chi connectivity index (χ1v) is 17.7. The van der Waals surface area contributed by atoms with Crippen LogP contribution < -0.4 is 5.32 Å². The number of hydrogen-bond donors (Lipinski definition) is 1. The number of aryl methyl sites for hydroxylation is 1. The van der Waals surface area contributed by atoms with Crippen molar-refractivity contribution in [2.24, 2.45) is 0 Å². The summed E-state index contributed by atoms with van der Waals surface area (Å²) in [6, 6.07) is 22.4. The molecule has 0 saturated carbocycles. The van der Waals surface area contributed by atoms with Crippen LogP contribution in [0.15, 0.2) is 96.2 Å². The first-order chi connectivity index (χ1) is 23.4. The van der Waals surface area contributed by atoms with Gasteiger partial charge < -0.3 is 10.1 Å². The first kappa shape index (κ1) is 35.6. The van der Waals surface area contributed by atoms with Gasteiger partial charge in [0.1, 0.15) is 5.60 Å². The number of ether oxygens (including phenoxy) is 1. The average Bonchev–Trinajstić information content (AvgIpc) is 3.07. The molecular formula is C36H42N6O6S. The van der Waals surface area contributed by atoms with Crippen molar-refractivity contribution in [1.29, 1.82) is 0 Å². The van der Waals surface area contributed by atoms with Gasteiger partial charge in [0.2, 0.25) is 0 Å². The number of benzene rings is 2. The van der Waals surface area contributed by atoms with E-state index in [0.717, 1.165) is 30.5 Å². The quantitative estimate of drug-likeness (QED) is 0.129. The summed E-state index contributed by atoms with van der Waals surface area (Å²) in [6.45, 7) is 6.91. The highest BCUT2D eigenvalue weighted by Crippen LogP contribution is 2.34. The van der Waals surface area contributed by atoms with E-state index in [2.05, 4.69) is 21.3 Å². The Morgan fingerprint density at radius 1 is 0.939 bits per heavy atom. The van der Waals surface area contributed by atoms with Crippen molar-refractivity contribution < 1.29 is 22.9 Å². The Hall–Kier alpha value is -4.72. The minimum absolute atomic E-state index is 0.0192. The zero-order chi connectivity index (χ0) is 35.0. The minimum atomic E-state index is -4.28. The van der Waals surface area contributed by atoms with Crippen molar-refractivity contribution in [2.45, 2.75) is 76.2 Å². The zero-order valence-corrected chi connectivity index (χ0v) is 28.8. The molecule has 0 spiro atoms. The smallest absolute Gasteiger partial charge is 0.407 e. The largest absolute Gasteiger partial charge is 0.444 e. The number of fused-ring (bicyclic) bond motifs is 1. The molecule has 0 fully saturated rings. The third-order valence-corrected chi connectivity index (χ3v) is 10.0. The number of aromatic nitrogens is 2. The normalized spacial score (nSPS) is 14.8. The number of nitro benzene ring substituents is 1. The molecule has 2 aromatic carbocycles. The highest BCUT2D eigenvalue weighted by atomic mass is 32.2. The molecule has 2 aromatic heterocycles. The fourth-order valence-corrected chi connectivity index (χ4v) is 7.51. The number of rotatable bonds is 13. The van der Waals surface area contributed by atoms with Gasteiger partial charge in [-0.2, -0.15) is 4.31 Å². The van der Waals surface area contributed by atoms with E-state index >= 15 is 0 Å². The molecule has 0 bridgehead atoms. The summed E-state index contributed by atoms with van der Waals surface area (Å²) in [7, 11) is -4.28. The van der Waals surface area contributed by atoms with E-state index in [4.69, 9.17) is 9.72 Å². The third kappa shape index (κ3) is 9.46. The fraction of sp³-hybridized carbons (Fsp3) is 0.361. The van der Waals surface area contributed by atoms with Crippen LogP contribution in [0.2, 0.25) is 0 Å². The van der Waals surface area contributed by atoms with E-state index in [-0.39, 0.29) is 24.0 Å². The Balaban J connectivity index is 1.37. The molecule has 258 valence electrons. The van der Waals surface area contributed by atoms with Crippen LogP contribution in [0.1, 0.15) is 67.7 Å². The topological polar surface area (TPSA) is 148 Å². The van der Waals surface area contributed by atoms with Gasteiger partial charge in [0.05, 0.1) is 28.9 Å². The van der Waals surface area contributed by atoms with Crippen molar-refractivity contribution >= 4 is 21.8 Å². The Morgan fingerprint density at radius 2 is 1.63 bits per heavy atom. The molecule has 1 aliphatic carbocycles. The number of nitro groups is 1. The van der Waals surface area contributed by atoms with Crippen molar-refractivity contribution in [3.8, 4) is 0 Å². The summed E-state index contributed by atoms with van der Waals surface area (Å²) in [6.07, 6.45) is 5.86. The predicted molar refractivity (Wildman–Crippen MR) is 185 cm³/mol. The van der Waals surface area contributed by atoms with Crippen LogP contribution in [0, 0.1) is 10.1 Å². The number of amides is 1. The van der Waals surface area contributed by atoms with Crippen LogP contribution in [0.3, 0.4) is 0 Å². The van der Waals surface area contributed by atoms with Crippen molar-refractivity contribution in [3.05, 3.63) is 129 Å². The maximum absolute atomic E-state index is 13.9. The fourth-order valence-electron chi connectivity index (χ4n) is 5.95. The van der Waals surface area contributed by atoms with Crippen molar-refractivity contribution in [2.75, 3.05) is 13.1 Å². The summed E-state index contributed by atoms with van der Waals surface area (Å²) in [5, 5.41) is 14.6. The summed E-state index contributed by atoms with van der Waals surface area (Å²) in [5.74, 6) is 0. The van der Waals surface area contributed by atoms with Gasteiger partial charge in [-0.15, -0.1) is 0 Å². The highest BCUT2D eigenvalue weighted by Gasteiger charge is 2.32. The predicted octanol–water partition coefficient (Wildman–Crippen LogP) is 6.18. The standard InChI is InChI=1S/C36H42N6O6S/c1-36(2,3)48-35(43)39-22-23-40(32-14-8-10-29-11-9-21-38-34(29)32)24-27-16-18-28(19-17-27)25-41(26-30-12-6-7-20-37-30)49(46,47)33-15-5-4-13-31(33)42(44)45/h4-7,9,11-13,15-21,32H,8,10,14,22-26H2,1-3H3,(H,39,43). The van der Waals surface area contributed by atoms with Crippen LogP contribution in [0.25, 0.3) is 0 Å². The molecule has 1 atom stereocenters. The Labute approximate surface area is 287 Å². The monoisotopic (exact) mass is 686 g/mol. The number of sulfonamides is 1. The SMILES string of the molecule is CC(C)(C)OC(=O)NCCN(Cc1ccc(CN(Cc2ccccn2)S(=O)(=O)c2ccccc2[N+](=O)[O-])cc1)C1CCCc2cccnc21. The molecule has 0 saturated heterocycles. The van der Waals surface area contributed by atoms with Gasteiger partial charge >= 0.3 is 6.09 Å². The van der Waals surface area contributed by atoms with E-state index in [0.29, 0.717) is 30.9 Å². The minimum Gasteiger partial charge on any atom is -0.444 e. The van der Waals surface area contributed by atoms with Crippen LogP contribution in [-0.2, 0) is 40.8 Å². The maximum Gasteiger partial charge on any atom is 0.407 e.